The Morgan fingerprint density at radius 2 is 0.833 bits per heavy atom. The van der Waals surface area contributed by atoms with Crippen molar-refractivity contribution in [3.63, 3.8) is 0 Å². The molecular formula is H7F3NOTi+. The Kier molecular flexibility index (Phi) is 24800. The fraction of sp³-hybridized carbons (Fsp3) is 0. The zero-order valence-corrected chi connectivity index (χ0v) is 4.69. The van der Waals surface area contributed by atoms with Crippen LogP contribution < -0.4 is 6.15 Å². The molecule has 6 heavy (non-hydrogen) atoms. The van der Waals surface area contributed by atoms with Gasteiger partial charge in [0.05, 0.1) is 0 Å². The molecule has 0 bridgehead atoms. The van der Waals surface area contributed by atoms with Crippen LogP contribution in [-0.4, -0.2) is 0 Å². The van der Waals surface area contributed by atoms with Gasteiger partial charge in [-0.2, -0.15) is 0 Å². The molecule has 0 aromatic heterocycles. The number of halogens is 3. The van der Waals surface area contributed by atoms with Crippen LogP contribution >= 0.6 is 0 Å². The van der Waals surface area contributed by atoms with Crippen molar-refractivity contribution in [2.75, 3.05) is 0 Å². The predicted molar refractivity (Wildman–Crippen MR) is 14.2 cm³/mol. The summed E-state index contributed by atoms with van der Waals surface area (Å²) < 4.78 is 8.25. The van der Waals surface area contributed by atoms with Crippen LogP contribution in [0.15, 0.2) is 0 Å². The van der Waals surface area contributed by atoms with E-state index in [0.717, 1.165) is 20.4 Å². The van der Waals surface area contributed by atoms with E-state index < -0.39 is 0 Å². The molecule has 0 unspecified atom stereocenters. The summed E-state index contributed by atoms with van der Waals surface area (Å²) in [5.74, 6) is 0. The molecule has 0 saturated heterocycles. The van der Waals surface area contributed by atoms with E-state index in [-0.39, 0.29) is 20.3 Å². The van der Waals surface area contributed by atoms with Crippen LogP contribution in [0.3, 0.4) is 0 Å². The first-order valence-corrected chi connectivity index (χ1v) is 0.842. The summed E-state index contributed by atoms with van der Waals surface area (Å²) in [6.45, 7) is 0. The Hall–Kier alpha value is 0.264. The van der Waals surface area contributed by atoms with E-state index in [9.17, 15) is 0 Å². The fourth-order valence-electron chi connectivity index (χ4n) is 0. The van der Waals surface area contributed by atoms with Gasteiger partial charge in [0.25, 0.3) is 0 Å². The molecule has 0 rings (SSSR count). The molecule has 6 heteroatoms. The van der Waals surface area contributed by atoms with E-state index in [0.29, 0.717) is 0 Å². The van der Waals surface area contributed by atoms with Gasteiger partial charge in [0.1, 0.15) is 0 Å². The molecule has 0 aromatic carbocycles. The summed E-state index contributed by atoms with van der Waals surface area (Å²) in [6.07, 6.45) is 0. The summed E-state index contributed by atoms with van der Waals surface area (Å²) in [6, 6.07) is 0. The van der Waals surface area contributed by atoms with Gasteiger partial charge in [-0.05, 0) is 0 Å². The van der Waals surface area contributed by atoms with Crippen molar-refractivity contribution in [1.82, 2.24) is 6.15 Å². The first-order valence-electron chi connectivity index (χ1n) is 0.204. The topological polar surface area (TPSA) is 53.6 Å². The van der Waals surface area contributed by atoms with Crippen molar-refractivity contribution in [3.05, 3.63) is 0 Å². The quantitative estimate of drug-likeness (QED) is 0.497. The molecule has 2 nitrogen and oxygen atoms in total. The first kappa shape index (κ1) is 109. The van der Waals surface area contributed by atoms with Gasteiger partial charge in [0, 0.05) is 0 Å². The van der Waals surface area contributed by atoms with Gasteiger partial charge < -0.3 is 6.15 Å². The molecule has 0 aliphatic carbocycles. The van der Waals surface area contributed by atoms with E-state index in [1.54, 1.807) is 0 Å². The average molecular weight is 142 g/mol. The first-order chi connectivity index (χ1) is 1.00. The molecule has 0 fully saturated rings. The van der Waals surface area contributed by atoms with Crippen LogP contribution in [0.1, 0.15) is 0 Å². The van der Waals surface area contributed by atoms with Crippen LogP contribution in [0.25, 0.3) is 0 Å². The monoisotopic (exact) mass is 142 g/mol. The standard InChI is InChI=1S/3FH.H3N.O.Ti/h3*1H;1H3;;/p+1. The van der Waals surface area contributed by atoms with Gasteiger partial charge >= 0.3 is 23.7 Å². The Morgan fingerprint density at radius 3 is 0.833 bits per heavy atom. The number of quaternary nitrogens is 1. The van der Waals surface area contributed by atoms with Crippen molar-refractivity contribution in [2.45, 2.75) is 0 Å². The van der Waals surface area contributed by atoms with Gasteiger partial charge in [-0.25, -0.2) is 0 Å². The minimum absolute atomic E-state index is 0. The Balaban J connectivity index is -0.000000000833. The zero-order chi connectivity index (χ0) is 2.00. The van der Waals surface area contributed by atoms with Crippen molar-refractivity contribution in [3.8, 4) is 0 Å². The third-order valence-electron chi connectivity index (χ3n) is 0. The van der Waals surface area contributed by atoms with Crippen LogP contribution in [0, 0.1) is 0 Å². The number of hydrogen-bond donors (Lipinski definition) is 1. The van der Waals surface area contributed by atoms with E-state index >= 15 is 0 Å². The van der Waals surface area contributed by atoms with Crippen LogP contribution in [0.5, 0.6) is 0 Å². The summed E-state index contributed by atoms with van der Waals surface area (Å²) in [7, 11) is 0. The van der Waals surface area contributed by atoms with Gasteiger partial charge in [-0.1, -0.05) is 0 Å². The molecule has 0 aliphatic rings. The van der Waals surface area contributed by atoms with E-state index in [1.165, 1.54) is 0 Å². The van der Waals surface area contributed by atoms with Crippen LogP contribution in [0.2, 0.25) is 0 Å². The van der Waals surface area contributed by atoms with Gasteiger partial charge in [-0.3, -0.25) is 14.1 Å². The van der Waals surface area contributed by atoms with Gasteiger partial charge in [0.15, 0.2) is 0 Å². The van der Waals surface area contributed by atoms with Crippen molar-refractivity contribution in [2.24, 2.45) is 0 Å². The number of hydrogen-bond acceptors (Lipinski definition) is 1. The Labute approximate surface area is 44.7 Å². The maximum absolute atomic E-state index is 8.25. The number of rotatable bonds is 0. The molecule has 0 atom stereocenters. The normalized spacial score (nSPS) is 0.500. The molecule has 0 aliphatic heterocycles. The summed E-state index contributed by atoms with van der Waals surface area (Å²) in [5.41, 5.74) is 0. The molecule has 0 aromatic rings. The molecular weight excluding hydrogens is 135 g/mol. The van der Waals surface area contributed by atoms with Crippen molar-refractivity contribution < 1.29 is 37.8 Å². The average Bonchev–Trinajstić information content (AvgIpc) is 1.00. The van der Waals surface area contributed by atoms with E-state index in [2.05, 4.69) is 0 Å². The molecule has 0 heterocycles. The SMILES string of the molecule is F.F.F.[NH4+].[O]=[Ti]. The predicted octanol–water partition coefficient (Wildman–Crippen LogP) is 0.712. The third-order valence-corrected chi connectivity index (χ3v) is 0. The summed E-state index contributed by atoms with van der Waals surface area (Å²) in [4.78, 5) is 0. The van der Waals surface area contributed by atoms with Crippen LogP contribution in [0.4, 0.5) is 14.1 Å². The summed E-state index contributed by atoms with van der Waals surface area (Å²) >= 11 is 0.750. The Morgan fingerprint density at radius 1 is 0.833 bits per heavy atom. The van der Waals surface area contributed by atoms with Gasteiger partial charge in [-0.15, -0.1) is 0 Å². The van der Waals surface area contributed by atoms with E-state index in [4.69, 9.17) is 3.32 Å². The van der Waals surface area contributed by atoms with Gasteiger partial charge in [0.2, 0.25) is 0 Å². The molecule has 0 spiro atoms. The van der Waals surface area contributed by atoms with Crippen molar-refractivity contribution >= 4 is 0 Å². The Bertz CT molecular complexity index is 10.8. The van der Waals surface area contributed by atoms with E-state index in [1.807, 2.05) is 0 Å². The zero-order valence-electron chi connectivity index (χ0n) is 3.13. The third kappa shape index (κ3) is 651. The molecule has 0 radical (unpaired) electrons. The fourth-order valence-corrected chi connectivity index (χ4v) is 0. The summed E-state index contributed by atoms with van der Waals surface area (Å²) in [5, 5.41) is 0. The minimum atomic E-state index is 0. The van der Waals surface area contributed by atoms with Crippen molar-refractivity contribution in [1.29, 1.82) is 0 Å². The second-order valence-corrected chi connectivity index (χ2v) is 0. The second-order valence-electron chi connectivity index (χ2n) is 0. The second kappa shape index (κ2) is 1370. The molecule has 42 valence electrons. The molecule has 0 saturated carbocycles. The molecule has 4 N–H and O–H groups in total. The maximum atomic E-state index is 8.25. The van der Waals surface area contributed by atoms with Crippen LogP contribution in [-0.2, 0) is 23.7 Å². The molecule has 0 amide bonds.